The predicted octanol–water partition coefficient (Wildman–Crippen LogP) is 2.74. The van der Waals surface area contributed by atoms with Crippen molar-refractivity contribution in [3.63, 3.8) is 0 Å². The monoisotopic (exact) mass is 202 g/mol. The Kier molecular flexibility index (Phi) is 11.1. The molecule has 0 saturated carbocycles. The van der Waals surface area contributed by atoms with Crippen LogP contribution >= 0.6 is 0 Å². The van der Waals surface area contributed by atoms with E-state index in [-0.39, 0.29) is 7.43 Å². The van der Waals surface area contributed by atoms with Crippen LogP contribution in [-0.4, -0.2) is 37.1 Å². The highest BCUT2D eigenvalue weighted by atomic mass is 15.2. The van der Waals surface area contributed by atoms with Gasteiger partial charge in [-0.1, -0.05) is 21.3 Å². The van der Waals surface area contributed by atoms with Gasteiger partial charge < -0.3 is 10.2 Å². The van der Waals surface area contributed by atoms with Crippen molar-refractivity contribution in [3.05, 3.63) is 0 Å². The van der Waals surface area contributed by atoms with Gasteiger partial charge in [-0.25, -0.2) is 0 Å². The van der Waals surface area contributed by atoms with E-state index in [4.69, 9.17) is 0 Å². The molecule has 1 rings (SSSR count). The Bertz CT molecular complexity index is 105. The SMILES string of the molecule is C.CC(C)N1CCCC1.CNC(C)C. The lowest BCUT2D eigenvalue weighted by molar-refractivity contribution is 0.276. The number of nitrogens with zero attached hydrogens (tertiary/aromatic N) is 1. The minimum Gasteiger partial charge on any atom is -0.318 e. The highest BCUT2D eigenvalue weighted by Gasteiger charge is 2.13. The average molecular weight is 202 g/mol. The van der Waals surface area contributed by atoms with Crippen LogP contribution in [0.5, 0.6) is 0 Å². The molecule has 1 aliphatic rings. The summed E-state index contributed by atoms with van der Waals surface area (Å²) < 4.78 is 0. The normalized spacial score (nSPS) is 16.5. The molecule has 0 aromatic heterocycles. The van der Waals surface area contributed by atoms with Crippen molar-refractivity contribution in [1.82, 2.24) is 10.2 Å². The number of rotatable bonds is 2. The fourth-order valence-electron chi connectivity index (χ4n) is 1.26. The molecule has 0 aromatic carbocycles. The summed E-state index contributed by atoms with van der Waals surface area (Å²) in [6.07, 6.45) is 2.83. The minimum atomic E-state index is 0. The van der Waals surface area contributed by atoms with Crippen molar-refractivity contribution in [2.45, 2.75) is 60.0 Å². The summed E-state index contributed by atoms with van der Waals surface area (Å²) in [5.41, 5.74) is 0. The van der Waals surface area contributed by atoms with Crippen molar-refractivity contribution in [2.75, 3.05) is 20.1 Å². The summed E-state index contributed by atoms with van der Waals surface area (Å²) >= 11 is 0. The van der Waals surface area contributed by atoms with Gasteiger partial charge in [-0.3, -0.25) is 0 Å². The second kappa shape index (κ2) is 9.47. The summed E-state index contributed by atoms with van der Waals surface area (Å²) in [5, 5.41) is 3.03. The van der Waals surface area contributed by atoms with Gasteiger partial charge in [-0.2, -0.15) is 0 Å². The fourth-order valence-corrected chi connectivity index (χ4v) is 1.26. The van der Waals surface area contributed by atoms with E-state index in [9.17, 15) is 0 Å². The van der Waals surface area contributed by atoms with Crippen LogP contribution in [0.15, 0.2) is 0 Å². The van der Waals surface area contributed by atoms with E-state index >= 15 is 0 Å². The molecular formula is C12H30N2. The largest absolute Gasteiger partial charge is 0.318 e. The smallest absolute Gasteiger partial charge is 0.00385 e. The van der Waals surface area contributed by atoms with Crippen LogP contribution in [-0.2, 0) is 0 Å². The standard InChI is InChI=1S/C7H15N.C4H11N.CH4/c1-7(2)8-5-3-4-6-8;1-4(2)5-3;/h7H,3-6H2,1-2H3;4-5H,1-3H3;1H4. The Morgan fingerprint density at radius 1 is 1.00 bits per heavy atom. The zero-order valence-corrected chi connectivity index (χ0v) is 9.93. The minimum absolute atomic E-state index is 0. The first kappa shape index (κ1) is 16.4. The molecule has 1 saturated heterocycles. The molecule has 0 amide bonds. The van der Waals surface area contributed by atoms with Crippen LogP contribution in [0.1, 0.15) is 48.0 Å². The molecule has 0 unspecified atom stereocenters. The maximum Gasteiger partial charge on any atom is 0.00385 e. The lowest BCUT2D eigenvalue weighted by Gasteiger charge is -2.18. The Labute approximate surface area is 91.1 Å². The van der Waals surface area contributed by atoms with E-state index in [0.717, 1.165) is 6.04 Å². The third-order valence-corrected chi connectivity index (χ3v) is 2.45. The first-order valence-electron chi connectivity index (χ1n) is 5.49. The number of nitrogens with one attached hydrogen (secondary N) is 1. The van der Waals surface area contributed by atoms with Crippen molar-refractivity contribution in [3.8, 4) is 0 Å². The van der Waals surface area contributed by atoms with Crippen LogP contribution in [0, 0.1) is 0 Å². The van der Waals surface area contributed by atoms with Crippen LogP contribution in [0.25, 0.3) is 0 Å². The predicted molar refractivity (Wildman–Crippen MR) is 66.9 cm³/mol. The van der Waals surface area contributed by atoms with Gasteiger partial charge >= 0.3 is 0 Å². The molecule has 1 heterocycles. The first-order chi connectivity index (χ1) is 6.07. The molecule has 88 valence electrons. The van der Waals surface area contributed by atoms with Crippen LogP contribution in [0.3, 0.4) is 0 Å². The lowest BCUT2D eigenvalue weighted by Crippen LogP contribution is -2.26. The maximum absolute atomic E-state index is 3.03. The van der Waals surface area contributed by atoms with Gasteiger partial charge in [-0.05, 0) is 46.8 Å². The molecule has 1 aliphatic heterocycles. The zero-order chi connectivity index (χ0) is 10.3. The number of hydrogen-bond acceptors (Lipinski definition) is 2. The second-order valence-electron chi connectivity index (χ2n) is 4.28. The molecular weight excluding hydrogens is 172 g/mol. The van der Waals surface area contributed by atoms with E-state index in [1.165, 1.54) is 25.9 Å². The average Bonchev–Trinajstić information content (AvgIpc) is 2.57. The summed E-state index contributed by atoms with van der Waals surface area (Å²) in [6, 6.07) is 1.41. The third-order valence-electron chi connectivity index (χ3n) is 2.45. The van der Waals surface area contributed by atoms with Gasteiger partial charge in [-0.15, -0.1) is 0 Å². The molecule has 14 heavy (non-hydrogen) atoms. The molecule has 2 heteroatoms. The highest BCUT2D eigenvalue weighted by Crippen LogP contribution is 2.09. The Morgan fingerprint density at radius 2 is 1.36 bits per heavy atom. The van der Waals surface area contributed by atoms with Crippen molar-refractivity contribution >= 4 is 0 Å². The van der Waals surface area contributed by atoms with Crippen molar-refractivity contribution in [2.24, 2.45) is 0 Å². The van der Waals surface area contributed by atoms with Crippen molar-refractivity contribution < 1.29 is 0 Å². The van der Waals surface area contributed by atoms with Gasteiger partial charge in [0.15, 0.2) is 0 Å². The van der Waals surface area contributed by atoms with Crippen LogP contribution in [0.4, 0.5) is 0 Å². The van der Waals surface area contributed by atoms with E-state index in [0.29, 0.717) is 6.04 Å². The van der Waals surface area contributed by atoms with Gasteiger partial charge in [0.1, 0.15) is 0 Å². The van der Waals surface area contributed by atoms with E-state index in [1.54, 1.807) is 0 Å². The first-order valence-corrected chi connectivity index (χ1v) is 5.49. The van der Waals surface area contributed by atoms with Gasteiger partial charge in [0.25, 0.3) is 0 Å². The summed E-state index contributed by atoms with van der Waals surface area (Å²) in [4.78, 5) is 2.53. The molecule has 0 bridgehead atoms. The highest BCUT2D eigenvalue weighted by molar-refractivity contribution is 4.68. The zero-order valence-electron chi connectivity index (χ0n) is 9.93. The van der Waals surface area contributed by atoms with Gasteiger partial charge in [0.05, 0.1) is 0 Å². The number of likely N-dealkylation sites (tertiary alicyclic amines) is 1. The Balaban J connectivity index is 0. The quantitative estimate of drug-likeness (QED) is 0.741. The third kappa shape index (κ3) is 8.52. The van der Waals surface area contributed by atoms with E-state index in [2.05, 4.69) is 37.9 Å². The fraction of sp³-hybridized carbons (Fsp3) is 1.00. The molecule has 1 fully saturated rings. The molecule has 2 nitrogen and oxygen atoms in total. The number of hydrogen-bond donors (Lipinski definition) is 1. The van der Waals surface area contributed by atoms with Gasteiger partial charge in [0, 0.05) is 12.1 Å². The van der Waals surface area contributed by atoms with E-state index in [1.807, 2.05) is 7.05 Å². The summed E-state index contributed by atoms with van der Waals surface area (Å²) in [5.74, 6) is 0. The molecule has 0 spiro atoms. The maximum atomic E-state index is 3.03. The molecule has 1 N–H and O–H groups in total. The Morgan fingerprint density at radius 3 is 1.50 bits per heavy atom. The van der Waals surface area contributed by atoms with Crippen LogP contribution in [0.2, 0.25) is 0 Å². The van der Waals surface area contributed by atoms with Crippen LogP contribution < -0.4 is 5.32 Å². The second-order valence-corrected chi connectivity index (χ2v) is 4.28. The van der Waals surface area contributed by atoms with Gasteiger partial charge in [0.2, 0.25) is 0 Å². The molecule has 0 aliphatic carbocycles. The lowest BCUT2D eigenvalue weighted by atomic mass is 10.3. The van der Waals surface area contributed by atoms with E-state index < -0.39 is 0 Å². The molecule has 0 atom stereocenters. The Hall–Kier alpha value is -0.0800. The summed E-state index contributed by atoms with van der Waals surface area (Å²) in [7, 11) is 1.95. The molecule has 0 aromatic rings. The topological polar surface area (TPSA) is 15.3 Å². The summed E-state index contributed by atoms with van der Waals surface area (Å²) in [6.45, 7) is 11.4. The molecule has 0 radical (unpaired) electrons. The van der Waals surface area contributed by atoms with Crippen molar-refractivity contribution in [1.29, 1.82) is 0 Å².